The van der Waals surface area contributed by atoms with E-state index in [0.29, 0.717) is 11.3 Å². The number of hydrogen-bond donors (Lipinski definition) is 1. The van der Waals surface area contributed by atoms with Gasteiger partial charge in [-0.1, -0.05) is 24.4 Å². The van der Waals surface area contributed by atoms with Gasteiger partial charge in [0, 0.05) is 17.3 Å². The monoisotopic (exact) mass is 262 g/mol. The molecule has 18 heavy (non-hydrogen) atoms. The summed E-state index contributed by atoms with van der Waals surface area (Å²) < 4.78 is 18.8. The Hall–Kier alpha value is -2.01. The van der Waals surface area contributed by atoms with Gasteiger partial charge in [0.1, 0.15) is 4.99 Å². The van der Waals surface area contributed by atoms with E-state index in [1.807, 2.05) is 0 Å². The van der Waals surface area contributed by atoms with Gasteiger partial charge < -0.3 is 10.5 Å². The molecule has 5 heteroatoms. The van der Waals surface area contributed by atoms with Gasteiger partial charge in [-0.15, -0.1) is 0 Å². The highest BCUT2D eigenvalue weighted by Gasteiger charge is 2.07. The van der Waals surface area contributed by atoms with E-state index in [9.17, 15) is 4.39 Å². The zero-order valence-electron chi connectivity index (χ0n) is 9.68. The molecule has 1 aromatic carbocycles. The molecule has 0 aliphatic heterocycles. The van der Waals surface area contributed by atoms with Crippen molar-refractivity contribution in [2.45, 2.75) is 6.92 Å². The Morgan fingerprint density at radius 1 is 1.33 bits per heavy atom. The molecular weight excluding hydrogens is 251 g/mol. The summed E-state index contributed by atoms with van der Waals surface area (Å²) >= 11 is 4.89. The average Bonchev–Trinajstić information content (AvgIpc) is 2.31. The van der Waals surface area contributed by atoms with Gasteiger partial charge in [-0.25, -0.2) is 9.37 Å². The maximum absolute atomic E-state index is 13.4. The van der Waals surface area contributed by atoms with Gasteiger partial charge in [-0.3, -0.25) is 0 Å². The van der Waals surface area contributed by atoms with Crippen molar-refractivity contribution in [2.75, 3.05) is 0 Å². The molecule has 0 atom stereocenters. The van der Waals surface area contributed by atoms with Crippen molar-refractivity contribution in [3.63, 3.8) is 0 Å². The van der Waals surface area contributed by atoms with E-state index < -0.39 is 5.82 Å². The van der Waals surface area contributed by atoms with Crippen LogP contribution in [0.25, 0.3) is 0 Å². The van der Waals surface area contributed by atoms with Crippen LogP contribution in [0.15, 0.2) is 36.4 Å². The Labute approximate surface area is 109 Å². The molecule has 1 heterocycles. The molecule has 1 aromatic heterocycles. The predicted octanol–water partition coefficient (Wildman–Crippen LogP) is 2.96. The lowest BCUT2D eigenvalue weighted by molar-refractivity contribution is 0.426. The highest BCUT2D eigenvalue weighted by molar-refractivity contribution is 7.80. The number of hydrogen-bond acceptors (Lipinski definition) is 3. The van der Waals surface area contributed by atoms with Gasteiger partial charge in [0.15, 0.2) is 11.6 Å². The van der Waals surface area contributed by atoms with Gasteiger partial charge in [0.25, 0.3) is 0 Å². The maximum atomic E-state index is 13.4. The topological polar surface area (TPSA) is 48.1 Å². The number of halogens is 1. The molecule has 0 aliphatic rings. The molecule has 0 spiro atoms. The standard InChI is InChI=1S/C13H11FN2OS/c1-8-6-9(13(15)18)7-12(16-8)17-11-5-3-2-4-10(11)14/h2-7H,1H3,(H2,15,18). The summed E-state index contributed by atoms with van der Waals surface area (Å²) in [6, 6.07) is 9.45. The Kier molecular flexibility index (Phi) is 3.53. The van der Waals surface area contributed by atoms with Crippen LogP contribution in [0.1, 0.15) is 11.3 Å². The van der Waals surface area contributed by atoms with Gasteiger partial charge in [-0.2, -0.15) is 0 Å². The van der Waals surface area contributed by atoms with Crippen molar-refractivity contribution in [3.8, 4) is 11.6 Å². The molecule has 92 valence electrons. The second-order valence-electron chi connectivity index (χ2n) is 3.73. The molecule has 0 bridgehead atoms. The fraction of sp³-hybridized carbons (Fsp3) is 0.0769. The lowest BCUT2D eigenvalue weighted by Crippen LogP contribution is -2.10. The van der Waals surface area contributed by atoms with E-state index in [1.54, 1.807) is 31.2 Å². The fourth-order valence-corrected chi connectivity index (χ4v) is 1.59. The van der Waals surface area contributed by atoms with Gasteiger partial charge in [-0.05, 0) is 25.1 Å². The third-order valence-electron chi connectivity index (χ3n) is 2.27. The van der Waals surface area contributed by atoms with Crippen LogP contribution in [0, 0.1) is 12.7 Å². The van der Waals surface area contributed by atoms with Crippen LogP contribution in [-0.2, 0) is 0 Å². The zero-order chi connectivity index (χ0) is 13.1. The summed E-state index contributed by atoms with van der Waals surface area (Å²) in [5.41, 5.74) is 6.89. The molecule has 2 aromatic rings. The van der Waals surface area contributed by atoms with Crippen LogP contribution in [0.2, 0.25) is 0 Å². The first kappa shape index (κ1) is 12.4. The molecule has 2 N–H and O–H groups in total. The first-order valence-corrected chi connectivity index (χ1v) is 5.68. The summed E-state index contributed by atoms with van der Waals surface area (Å²) in [6.45, 7) is 1.79. The molecule has 0 fully saturated rings. The minimum Gasteiger partial charge on any atom is -0.436 e. The lowest BCUT2D eigenvalue weighted by Gasteiger charge is -2.08. The minimum atomic E-state index is -0.447. The van der Waals surface area contributed by atoms with Crippen LogP contribution in [0.4, 0.5) is 4.39 Å². The molecular formula is C13H11FN2OS. The third kappa shape index (κ3) is 2.81. The summed E-state index contributed by atoms with van der Waals surface area (Å²) in [5, 5.41) is 0. The predicted molar refractivity (Wildman–Crippen MR) is 71.3 cm³/mol. The minimum absolute atomic E-state index is 0.115. The Bertz CT molecular complexity index is 601. The third-order valence-corrected chi connectivity index (χ3v) is 2.50. The number of aryl methyl sites for hydroxylation is 1. The van der Waals surface area contributed by atoms with Crippen LogP contribution < -0.4 is 10.5 Å². The van der Waals surface area contributed by atoms with Crippen LogP contribution in [-0.4, -0.2) is 9.97 Å². The van der Waals surface area contributed by atoms with Gasteiger partial charge >= 0.3 is 0 Å². The molecule has 0 aliphatic carbocycles. The molecule has 0 saturated heterocycles. The smallest absolute Gasteiger partial charge is 0.220 e. The van der Waals surface area contributed by atoms with Crippen molar-refractivity contribution < 1.29 is 9.13 Å². The normalized spacial score (nSPS) is 10.1. The van der Waals surface area contributed by atoms with Crippen molar-refractivity contribution in [1.29, 1.82) is 0 Å². The molecule has 2 rings (SSSR count). The summed E-state index contributed by atoms with van der Waals surface area (Å²) in [6.07, 6.45) is 0. The van der Waals surface area contributed by atoms with E-state index >= 15 is 0 Å². The second kappa shape index (κ2) is 5.10. The number of nitrogens with zero attached hydrogens (tertiary/aromatic N) is 1. The van der Waals surface area contributed by atoms with Gasteiger partial charge in [0.05, 0.1) is 0 Å². The summed E-state index contributed by atoms with van der Waals surface area (Å²) in [4.78, 5) is 4.40. The van der Waals surface area contributed by atoms with Crippen LogP contribution >= 0.6 is 12.2 Å². The maximum Gasteiger partial charge on any atom is 0.220 e. The highest BCUT2D eigenvalue weighted by atomic mass is 32.1. The number of aromatic nitrogens is 1. The van der Waals surface area contributed by atoms with E-state index in [1.165, 1.54) is 12.1 Å². The number of para-hydroxylation sites is 1. The van der Waals surface area contributed by atoms with Gasteiger partial charge in [0.2, 0.25) is 5.88 Å². The molecule has 0 radical (unpaired) electrons. The number of rotatable bonds is 3. The van der Waals surface area contributed by atoms with Crippen molar-refractivity contribution in [3.05, 3.63) is 53.5 Å². The SMILES string of the molecule is Cc1cc(C(N)=S)cc(Oc2ccccc2F)n1. The molecule has 0 saturated carbocycles. The summed E-state index contributed by atoms with van der Waals surface area (Å²) in [7, 11) is 0. The lowest BCUT2D eigenvalue weighted by atomic mass is 10.2. The van der Waals surface area contributed by atoms with E-state index in [2.05, 4.69) is 4.98 Å². The largest absolute Gasteiger partial charge is 0.436 e. The average molecular weight is 262 g/mol. The van der Waals surface area contributed by atoms with E-state index in [0.717, 1.165) is 0 Å². The number of nitrogens with two attached hydrogens (primary N) is 1. The zero-order valence-corrected chi connectivity index (χ0v) is 10.5. The number of ether oxygens (including phenoxy) is 1. The Morgan fingerprint density at radius 2 is 2.06 bits per heavy atom. The van der Waals surface area contributed by atoms with E-state index in [4.69, 9.17) is 22.7 Å². The number of thiocarbonyl (C=S) groups is 1. The quantitative estimate of drug-likeness (QED) is 0.864. The van der Waals surface area contributed by atoms with Crippen LogP contribution in [0.3, 0.4) is 0 Å². The van der Waals surface area contributed by atoms with E-state index in [-0.39, 0.29) is 16.6 Å². The molecule has 0 amide bonds. The Balaban J connectivity index is 2.35. The Morgan fingerprint density at radius 3 is 2.72 bits per heavy atom. The van der Waals surface area contributed by atoms with Crippen LogP contribution in [0.5, 0.6) is 11.6 Å². The number of pyridine rings is 1. The first-order chi connectivity index (χ1) is 8.56. The van der Waals surface area contributed by atoms with Crippen molar-refractivity contribution >= 4 is 17.2 Å². The molecule has 0 unspecified atom stereocenters. The first-order valence-electron chi connectivity index (χ1n) is 5.27. The second-order valence-corrected chi connectivity index (χ2v) is 4.17. The fourth-order valence-electron chi connectivity index (χ4n) is 1.47. The van der Waals surface area contributed by atoms with Crippen molar-refractivity contribution in [1.82, 2.24) is 4.98 Å². The van der Waals surface area contributed by atoms with Crippen molar-refractivity contribution in [2.24, 2.45) is 5.73 Å². The highest BCUT2D eigenvalue weighted by Crippen LogP contribution is 2.23. The molecule has 3 nitrogen and oxygen atoms in total. The summed E-state index contributed by atoms with van der Waals surface area (Å²) in [5.74, 6) is -0.0647. The number of benzene rings is 1.